The smallest absolute Gasteiger partial charge is 0.330 e. The maximum Gasteiger partial charge on any atom is 0.330 e. The Morgan fingerprint density at radius 2 is 1.68 bits per heavy atom. The van der Waals surface area contributed by atoms with Crippen molar-refractivity contribution in [2.24, 2.45) is 11.8 Å². The van der Waals surface area contributed by atoms with Crippen molar-refractivity contribution in [2.75, 3.05) is 23.7 Å². The highest BCUT2D eigenvalue weighted by atomic mass is 16.2. The molecule has 3 rings (SSSR count). The molecule has 31 heavy (non-hydrogen) atoms. The summed E-state index contributed by atoms with van der Waals surface area (Å²) < 4.78 is 1.23. The van der Waals surface area contributed by atoms with Gasteiger partial charge in [0, 0.05) is 13.1 Å². The van der Waals surface area contributed by atoms with Crippen molar-refractivity contribution in [3.63, 3.8) is 0 Å². The molecule has 3 amide bonds. The van der Waals surface area contributed by atoms with Crippen molar-refractivity contribution < 1.29 is 14.4 Å². The molecular formula is C21H31N5O5. The van der Waals surface area contributed by atoms with Crippen LogP contribution in [-0.4, -0.2) is 45.3 Å². The minimum atomic E-state index is -0.757. The monoisotopic (exact) mass is 433 g/mol. The molecule has 10 heteroatoms. The number of likely N-dealkylation sites (tertiary alicyclic amines) is 1. The van der Waals surface area contributed by atoms with Gasteiger partial charge in [0.25, 0.3) is 5.56 Å². The lowest BCUT2D eigenvalue weighted by atomic mass is 9.81. The number of amides is 3. The van der Waals surface area contributed by atoms with Gasteiger partial charge in [-0.15, -0.1) is 0 Å². The number of rotatable bonds is 8. The Bertz CT molecular complexity index is 957. The van der Waals surface area contributed by atoms with Crippen LogP contribution in [0.25, 0.3) is 0 Å². The van der Waals surface area contributed by atoms with Crippen molar-refractivity contribution >= 4 is 29.2 Å². The number of aromatic nitrogens is 2. The van der Waals surface area contributed by atoms with Crippen molar-refractivity contribution in [1.29, 1.82) is 0 Å². The largest absolute Gasteiger partial charge is 0.383 e. The molecule has 1 aliphatic carbocycles. The summed E-state index contributed by atoms with van der Waals surface area (Å²) in [5.41, 5.74) is 4.64. The lowest BCUT2D eigenvalue weighted by molar-refractivity contribution is -0.143. The Hall–Kier alpha value is -2.91. The number of nitrogens with two attached hydrogens (primary N) is 1. The Kier molecular flexibility index (Phi) is 6.97. The average molecular weight is 434 g/mol. The molecule has 3 N–H and O–H groups in total. The summed E-state index contributed by atoms with van der Waals surface area (Å²) in [5.74, 6) is -1.97. The number of carbonyl (C=O) groups excluding carboxylic acids is 3. The van der Waals surface area contributed by atoms with E-state index in [2.05, 4.69) is 4.98 Å². The van der Waals surface area contributed by atoms with Gasteiger partial charge in [0.15, 0.2) is 5.69 Å². The van der Waals surface area contributed by atoms with E-state index in [0.29, 0.717) is 25.7 Å². The van der Waals surface area contributed by atoms with Crippen LogP contribution in [0.3, 0.4) is 0 Å². The maximum atomic E-state index is 13.2. The van der Waals surface area contributed by atoms with Gasteiger partial charge in [-0.05, 0) is 25.7 Å². The summed E-state index contributed by atoms with van der Waals surface area (Å²) >= 11 is 0. The third-order valence-electron chi connectivity index (χ3n) is 6.19. The Labute approximate surface area is 180 Å². The molecule has 1 aromatic heterocycles. The predicted octanol–water partition coefficient (Wildman–Crippen LogP) is 0.837. The molecule has 1 aliphatic heterocycles. The molecule has 170 valence electrons. The van der Waals surface area contributed by atoms with Crippen LogP contribution < -0.4 is 21.9 Å². The number of imide groups is 1. The van der Waals surface area contributed by atoms with E-state index in [0.717, 1.165) is 24.2 Å². The van der Waals surface area contributed by atoms with Gasteiger partial charge in [0.05, 0.1) is 11.8 Å². The zero-order valence-corrected chi connectivity index (χ0v) is 18.2. The molecule has 2 atom stereocenters. The molecule has 1 saturated heterocycles. The van der Waals surface area contributed by atoms with Crippen LogP contribution in [-0.2, 0) is 20.9 Å². The van der Waals surface area contributed by atoms with Gasteiger partial charge in [0.1, 0.15) is 12.4 Å². The first-order chi connectivity index (χ1) is 14.8. The highest BCUT2D eigenvalue weighted by molar-refractivity contribution is 6.09. The number of aromatic amines is 1. The topological polar surface area (TPSA) is 139 Å². The standard InChI is InChI=1S/C21H31N5O5/c1-3-5-11-24(16-17(22)25(10-4-2)21(31)23-18(16)28)15(27)12-26-19(29)13-8-6-7-9-14(13)20(26)30/h13-14H,3-12,22H2,1-2H3,(H,23,28,31)/t13-,14+. The first-order valence-corrected chi connectivity index (χ1v) is 11.1. The third-order valence-corrected chi connectivity index (χ3v) is 6.19. The quantitative estimate of drug-likeness (QED) is 0.583. The number of nitrogen functional groups attached to an aromatic ring is 1. The lowest BCUT2D eigenvalue weighted by Gasteiger charge is -2.26. The normalized spacial score (nSPS) is 20.8. The van der Waals surface area contributed by atoms with Crippen LogP contribution in [0, 0.1) is 11.8 Å². The van der Waals surface area contributed by atoms with E-state index in [4.69, 9.17) is 5.73 Å². The molecule has 0 radical (unpaired) electrons. The van der Waals surface area contributed by atoms with E-state index in [9.17, 15) is 24.0 Å². The second-order valence-corrected chi connectivity index (χ2v) is 8.30. The van der Waals surface area contributed by atoms with Gasteiger partial charge >= 0.3 is 5.69 Å². The minimum Gasteiger partial charge on any atom is -0.383 e. The molecule has 0 spiro atoms. The highest BCUT2D eigenvalue weighted by Crippen LogP contribution is 2.38. The summed E-state index contributed by atoms with van der Waals surface area (Å²) in [6.07, 6.45) is 5.07. The molecule has 2 fully saturated rings. The minimum absolute atomic E-state index is 0.0900. The maximum absolute atomic E-state index is 13.2. The van der Waals surface area contributed by atoms with E-state index in [1.807, 2.05) is 13.8 Å². The number of hydrogen-bond donors (Lipinski definition) is 2. The summed E-state index contributed by atoms with van der Waals surface area (Å²) in [6, 6.07) is 0. The molecule has 1 saturated carbocycles. The first-order valence-electron chi connectivity index (χ1n) is 11.1. The fourth-order valence-electron chi connectivity index (χ4n) is 4.57. The van der Waals surface area contributed by atoms with Gasteiger partial charge in [0.2, 0.25) is 17.7 Å². The van der Waals surface area contributed by atoms with E-state index < -0.39 is 23.7 Å². The van der Waals surface area contributed by atoms with Crippen molar-refractivity contribution in [3.8, 4) is 0 Å². The van der Waals surface area contributed by atoms with E-state index in [1.165, 1.54) is 9.47 Å². The summed E-state index contributed by atoms with van der Waals surface area (Å²) in [7, 11) is 0. The van der Waals surface area contributed by atoms with Crippen molar-refractivity contribution in [1.82, 2.24) is 14.5 Å². The molecule has 0 bridgehead atoms. The number of fused-ring (bicyclic) bond motifs is 1. The lowest BCUT2D eigenvalue weighted by Crippen LogP contribution is -2.47. The Morgan fingerprint density at radius 1 is 1.06 bits per heavy atom. The first kappa shape index (κ1) is 22.8. The zero-order chi connectivity index (χ0) is 22.7. The van der Waals surface area contributed by atoms with Crippen LogP contribution in [0.2, 0.25) is 0 Å². The van der Waals surface area contributed by atoms with Crippen LogP contribution >= 0.6 is 0 Å². The molecular weight excluding hydrogens is 402 g/mol. The molecule has 2 aliphatic rings. The van der Waals surface area contributed by atoms with Gasteiger partial charge in [-0.3, -0.25) is 33.6 Å². The van der Waals surface area contributed by atoms with Gasteiger partial charge in [-0.25, -0.2) is 4.79 Å². The summed E-state index contributed by atoms with van der Waals surface area (Å²) in [4.78, 5) is 68.0. The van der Waals surface area contributed by atoms with E-state index in [1.54, 1.807) is 0 Å². The van der Waals surface area contributed by atoms with Gasteiger partial charge < -0.3 is 10.6 Å². The number of carbonyl (C=O) groups is 3. The second kappa shape index (κ2) is 9.49. The zero-order valence-electron chi connectivity index (χ0n) is 18.2. The fraction of sp³-hybridized carbons (Fsp3) is 0.667. The SMILES string of the molecule is CCCCN(C(=O)CN1C(=O)[C@H]2CCCC[C@H]2C1=O)c1c(N)n(CCC)c(=O)[nH]c1=O. The summed E-state index contributed by atoms with van der Waals surface area (Å²) in [5, 5.41) is 0. The van der Waals surface area contributed by atoms with Crippen molar-refractivity contribution in [3.05, 3.63) is 20.8 Å². The highest BCUT2D eigenvalue weighted by Gasteiger charge is 2.48. The van der Waals surface area contributed by atoms with Crippen molar-refractivity contribution in [2.45, 2.75) is 65.3 Å². The van der Waals surface area contributed by atoms with Gasteiger partial charge in [-0.1, -0.05) is 33.1 Å². The van der Waals surface area contributed by atoms with Crippen LogP contribution in [0.1, 0.15) is 58.8 Å². The molecule has 0 unspecified atom stereocenters. The van der Waals surface area contributed by atoms with Crippen LogP contribution in [0.5, 0.6) is 0 Å². The number of anilines is 2. The second-order valence-electron chi connectivity index (χ2n) is 8.30. The number of H-pyrrole nitrogens is 1. The fourth-order valence-corrected chi connectivity index (χ4v) is 4.57. The predicted molar refractivity (Wildman–Crippen MR) is 115 cm³/mol. The molecule has 10 nitrogen and oxygen atoms in total. The molecule has 0 aromatic carbocycles. The molecule has 2 heterocycles. The number of nitrogens with one attached hydrogen (secondary N) is 1. The number of unbranched alkanes of at least 4 members (excludes halogenated alkanes) is 1. The van der Waals surface area contributed by atoms with Gasteiger partial charge in [-0.2, -0.15) is 0 Å². The number of nitrogens with zero attached hydrogens (tertiary/aromatic N) is 3. The molecule has 1 aromatic rings. The van der Waals surface area contributed by atoms with Crippen LogP contribution in [0.15, 0.2) is 9.59 Å². The summed E-state index contributed by atoms with van der Waals surface area (Å²) in [6.45, 7) is 3.85. The Balaban J connectivity index is 1.93. The number of hydrogen-bond acceptors (Lipinski definition) is 6. The Morgan fingerprint density at radius 3 is 2.23 bits per heavy atom. The van der Waals surface area contributed by atoms with Crippen LogP contribution in [0.4, 0.5) is 11.5 Å². The van der Waals surface area contributed by atoms with E-state index >= 15 is 0 Å². The van der Waals surface area contributed by atoms with E-state index in [-0.39, 0.29) is 48.2 Å². The third kappa shape index (κ3) is 4.28. The average Bonchev–Trinajstić information content (AvgIpc) is 2.98.